The Morgan fingerprint density at radius 2 is 2.50 bits per heavy atom. The molecule has 0 amide bonds. The van der Waals surface area contributed by atoms with Gasteiger partial charge in [-0.05, 0) is 43.7 Å². The zero-order valence-electron chi connectivity index (χ0n) is 11.6. The number of hydrogen-bond donors (Lipinski definition) is 1. The zero-order chi connectivity index (χ0) is 12.8. The average molecular weight is 251 g/mol. The van der Waals surface area contributed by atoms with Gasteiger partial charge in [0.15, 0.2) is 0 Å². The highest BCUT2D eigenvalue weighted by molar-refractivity contribution is 5.06. The molecule has 0 radical (unpaired) electrons. The third-order valence-corrected chi connectivity index (χ3v) is 3.64. The summed E-state index contributed by atoms with van der Waals surface area (Å²) in [6, 6.07) is 0.523. The first-order valence-electron chi connectivity index (χ1n) is 7.08. The second kappa shape index (κ2) is 6.90. The number of aromatic nitrogens is 2. The van der Waals surface area contributed by atoms with Gasteiger partial charge >= 0.3 is 0 Å². The summed E-state index contributed by atoms with van der Waals surface area (Å²) < 4.78 is 7.50. The molecule has 0 aromatic carbocycles. The molecule has 4 heteroatoms. The van der Waals surface area contributed by atoms with Crippen molar-refractivity contribution in [2.45, 2.75) is 38.6 Å². The Morgan fingerprint density at radius 1 is 1.61 bits per heavy atom. The Kier molecular flexibility index (Phi) is 5.20. The van der Waals surface area contributed by atoms with Gasteiger partial charge in [0.05, 0.1) is 12.8 Å². The smallest absolute Gasteiger partial charge is 0.0522 e. The van der Waals surface area contributed by atoms with E-state index in [2.05, 4.69) is 23.5 Å². The van der Waals surface area contributed by atoms with Crippen molar-refractivity contribution in [2.24, 2.45) is 13.0 Å². The second-order valence-electron chi connectivity index (χ2n) is 5.26. The molecule has 1 aliphatic heterocycles. The van der Waals surface area contributed by atoms with E-state index >= 15 is 0 Å². The molecule has 0 spiro atoms. The van der Waals surface area contributed by atoms with Crippen molar-refractivity contribution in [1.29, 1.82) is 0 Å². The van der Waals surface area contributed by atoms with Crippen LogP contribution in [0.4, 0.5) is 0 Å². The number of rotatable bonds is 6. The number of aryl methyl sites for hydroxylation is 1. The van der Waals surface area contributed by atoms with Crippen LogP contribution in [-0.4, -0.2) is 35.6 Å². The molecule has 102 valence electrons. The molecule has 1 saturated heterocycles. The first-order chi connectivity index (χ1) is 8.79. The lowest BCUT2D eigenvalue weighted by molar-refractivity contribution is 0.0393. The van der Waals surface area contributed by atoms with Crippen LogP contribution >= 0.6 is 0 Å². The summed E-state index contributed by atoms with van der Waals surface area (Å²) in [7, 11) is 1.97. The molecule has 2 rings (SSSR count). The van der Waals surface area contributed by atoms with E-state index in [4.69, 9.17) is 4.74 Å². The Morgan fingerprint density at radius 3 is 3.11 bits per heavy atom. The molecule has 1 N–H and O–H groups in total. The van der Waals surface area contributed by atoms with Gasteiger partial charge in [-0.1, -0.05) is 6.92 Å². The Balaban J connectivity index is 1.94. The van der Waals surface area contributed by atoms with E-state index in [1.807, 2.05) is 17.9 Å². The molecule has 1 fully saturated rings. The number of nitrogens with zero attached hydrogens (tertiary/aromatic N) is 2. The first kappa shape index (κ1) is 13.6. The van der Waals surface area contributed by atoms with Crippen molar-refractivity contribution in [3.05, 3.63) is 18.0 Å². The van der Waals surface area contributed by atoms with Crippen molar-refractivity contribution in [2.75, 3.05) is 19.8 Å². The van der Waals surface area contributed by atoms with E-state index in [1.54, 1.807) is 0 Å². The van der Waals surface area contributed by atoms with E-state index in [9.17, 15) is 0 Å². The fraction of sp³-hybridized carbons (Fsp3) is 0.786. The van der Waals surface area contributed by atoms with Crippen molar-refractivity contribution in [3.63, 3.8) is 0 Å². The highest BCUT2D eigenvalue weighted by atomic mass is 16.5. The molecule has 0 bridgehead atoms. The van der Waals surface area contributed by atoms with Crippen LogP contribution in [0.25, 0.3) is 0 Å². The van der Waals surface area contributed by atoms with Gasteiger partial charge in [-0.3, -0.25) is 4.68 Å². The number of hydrogen-bond acceptors (Lipinski definition) is 3. The summed E-state index contributed by atoms with van der Waals surface area (Å²) in [6.07, 6.45) is 8.80. The van der Waals surface area contributed by atoms with E-state index in [0.29, 0.717) is 12.0 Å². The fourth-order valence-corrected chi connectivity index (χ4v) is 2.65. The second-order valence-corrected chi connectivity index (χ2v) is 5.26. The molecular formula is C14H25N3O. The van der Waals surface area contributed by atoms with Crippen LogP contribution in [0.1, 0.15) is 31.7 Å². The van der Waals surface area contributed by atoms with Gasteiger partial charge in [-0.15, -0.1) is 0 Å². The molecule has 0 aliphatic carbocycles. The van der Waals surface area contributed by atoms with Crippen molar-refractivity contribution in [3.8, 4) is 0 Å². The van der Waals surface area contributed by atoms with Crippen molar-refractivity contribution >= 4 is 0 Å². The largest absolute Gasteiger partial charge is 0.381 e. The minimum Gasteiger partial charge on any atom is -0.381 e. The van der Waals surface area contributed by atoms with Gasteiger partial charge < -0.3 is 10.1 Å². The van der Waals surface area contributed by atoms with Crippen LogP contribution in [-0.2, 0) is 18.2 Å². The SMILES string of the molecule is CCCNC(Cc1cnn(C)c1)C1CCCOC1. The predicted molar refractivity (Wildman–Crippen MR) is 72.5 cm³/mol. The lowest BCUT2D eigenvalue weighted by atomic mass is 9.90. The summed E-state index contributed by atoms with van der Waals surface area (Å²) in [5.41, 5.74) is 1.32. The van der Waals surface area contributed by atoms with E-state index in [-0.39, 0.29) is 0 Å². The molecule has 2 heterocycles. The molecule has 4 nitrogen and oxygen atoms in total. The molecule has 18 heavy (non-hydrogen) atoms. The van der Waals surface area contributed by atoms with Crippen molar-refractivity contribution in [1.82, 2.24) is 15.1 Å². The van der Waals surface area contributed by atoms with Crippen LogP contribution in [0.3, 0.4) is 0 Å². The maximum Gasteiger partial charge on any atom is 0.0522 e. The summed E-state index contributed by atoms with van der Waals surface area (Å²) in [6.45, 7) is 5.14. The Bertz CT molecular complexity index is 345. The first-order valence-corrected chi connectivity index (χ1v) is 7.08. The topological polar surface area (TPSA) is 39.1 Å². The average Bonchev–Trinajstić information content (AvgIpc) is 2.81. The minimum atomic E-state index is 0.523. The van der Waals surface area contributed by atoms with Gasteiger partial charge in [0.2, 0.25) is 0 Å². The minimum absolute atomic E-state index is 0.523. The van der Waals surface area contributed by atoms with Crippen LogP contribution < -0.4 is 5.32 Å². The molecular weight excluding hydrogens is 226 g/mol. The van der Waals surface area contributed by atoms with Crippen LogP contribution in [0, 0.1) is 5.92 Å². The van der Waals surface area contributed by atoms with Gasteiger partial charge in [-0.25, -0.2) is 0 Å². The molecule has 1 aliphatic rings. The van der Waals surface area contributed by atoms with Gasteiger partial charge in [0.25, 0.3) is 0 Å². The zero-order valence-corrected chi connectivity index (χ0v) is 11.6. The predicted octanol–water partition coefficient (Wildman–Crippen LogP) is 1.76. The van der Waals surface area contributed by atoms with E-state index < -0.39 is 0 Å². The molecule has 1 aromatic heterocycles. The summed E-state index contributed by atoms with van der Waals surface area (Å²) in [5.74, 6) is 0.644. The van der Waals surface area contributed by atoms with Gasteiger partial charge in [-0.2, -0.15) is 5.10 Å². The van der Waals surface area contributed by atoms with Crippen LogP contribution in [0.2, 0.25) is 0 Å². The van der Waals surface area contributed by atoms with Gasteiger partial charge in [0.1, 0.15) is 0 Å². The van der Waals surface area contributed by atoms with E-state index in [0.717, 1.165) is 26.2 Å². The number of ether oxygens (including phenoxy) is 1. The highest BCUT2D eigenvalue weighted by Crippen LogP contribution is 2.20. The van der Waals surface area contributed by atoms with Crippen LogP contribution in [0.5, 0.6) is 0 Å². The monoisotopic (exact) mass is 251 g/mol. The Labute approximate surface area is 110 Å². The maximum atomic E-state index is 5.63. The molecule has 1 aromatic rings. The van der Waals surface area contributed by atoms with Crippen molar-refractivity contribution < 1.29 is 4.74 Å². The molecule has 2 atom stereocenters. The van der Waals surface area contributed by atoms with Gasteiger partial charge in [0, 0.05) is 25.9 Å². The third kappa shape index (κ3) is 3.82. The molecule has 2 unspecified atom stereocenters. The summed E-state index contributed by atoms with van der Waals surface area (Å²) >= 11 is 0. The van der Waals surface area contributed by atoms with Crippen LogP contribution in [0.15, 0.2) is 12.4 Å². The molecule has 0 saturated carbocycles. The lowest BCUT2D eigenvalue weighted by Gasteiger charge is -2.31. The summed E-state index contributed by atoms with van der Waals surface area (Å²) in [4.78, 5) is 0. The quantitative estimate of drug-likeness (QED) is 0.837. The van der Waals surface area contributed by atoms with E-state index in [1.165, 1.54) is 24.8 Å². The summed E-state index contributed by atoms with van der Waals surface area (Å²) in [5, 5.41) is 7.93. The standard InChI is InChI=1S/C14H25N3O/c1-3-6-15-14(13-5-4-7-18-11-13)8-12-9-16-17(2)10-12/h9-10,13-15H,3-8,11H2,1-2H3. The lowest BCUT2D eigenvalue weighted by Crippen LogP contribution is -2.42. The third-order valence-electron chi connectivity index (χ3n) is 3.64. The Hall–Kier alpha value is -0.870. The fourth-order valence-electron chi connectivity index (χ4n) is 2.65. The highest BCUT2D eigenvalue weighted by Gasteiger charge is 2.24. The normalized spacial score (nSPS) is 22.0. The maximum absolute atomic E-state index is 5.63. The number of nitrogens with one attached hydrogen (secondary N) is 1.